The topological polar surface area (TPSA) is 9.23 Å². The molecule has 0 aliphatic heterocycles. The largest absolute Gasteiger partial charge is 0.573 e. The second-order valence-corrected chi connectivity index (χ2v) is 5.93. The second kappa shape index (κ2) is 8.76. The quantitative estimate of drug-likeness (QED) is 0.484. The molecule has 0 unspecified atom stereocenters. The van der Waals surface area contributed by atoms with Crippen LogP contribution in [0, 0.1) is 0 Å². The van der Waals surface area contributed by atoms with Gasteiger partial charge in [0.2, 0.25) is 0 Å². The maximum Gasteiger partial charge on any atom is 0.573 e. The standard InChI is InChI=1S/C20H23F3O/c1-2-3-4-5-6-7-16-8-10-17(11-9-16)18-12-14-19(15-13-18)24-20(21,22)23/h8-15H,2-7H2,1H3. The van der Waals surface area contributed by atoms with Crippen molar-refractivity contribution in [2.24, 2.45) is 0 Å². The first-order valence-corrected chi connectivity index (χ1v) is 8.43. The van der Waals surface area contributed by atoms with Crippen LogP contribution >= 0.6 is 0 Å². The molecule has 0 N–H and O–H groups in total. The fourth-order valence-corrected chi connectivity index (χ4v) is 2.65. The Kier molecular flexibility index (Phi) is 6.71. The Bertz CT molecular complexity index is 600. The molecule has 0 amide bonds. The van der Waals surface area contributed by atoms with Crippen LogP contribution in [-0.2, 0) is 6.42 Å². The Balaban J connectivity index is 1.90. The summed E-state index contributed by atoms with van der Waals surface area (Å²) >= 11 is 0. The number of benzene rings is 2. The average molecular weight is 336 g/mol. The lowest BCUT2D eigenvalue weighted by Crippen LogP contribution is -2.16. The molecule has 0 aliphatic carbocycles. The average Bonchev–Trinajstić information content (AvgIpc) is 2.55. The molecule has 0 atom stereocenters. The lowest BCUT2D eigenvalue weighted by atomic mass is 10.0. The highest BCUT2D eigenvalue weighted by Crippen LogP contribution is 2.26. The third-order valence-corrected chi connectivity index (χ3v) is 3.94. The minimum Gasteiger partial charge on any atom is -0.406 e. The van der Waals surface area contributed by atoms with E-state index in [0.717, 1.165) is 17.5 Å². The van der Waals surface area contributed by atoms with Crippen LogP contribution in [0.5, 0.6) is 5.75 Å². The predicted octanol–water partition coefficient (Wildman–Crippen LogP) is 6.77. The van der Waals surface area contributed by atoms with Gasteiger partial charge in [0.05, 0.1) is 0 Å². The molecule has 0 aromatic heterocycles. The van der Waals surface area contributed by atoms with E-state index >= 15 is 0 Å². The van der Waals surface area contributed by atoms with Gasteiger partial charge in [-0.25, -0.2) is 0 Å². The molecule has 0 saturated carbocycles. The zero-order chi connectivity index (χ0) is 17.4. The first-order chi connectivity index (χ1) is 11.5. The summed E-state index contributed by atoms with van der Waals surface area (Å²) in [5.41, 5.74) is 3.16. The minimum absolute atomic E-state index is 0.199. The minimum atomic E-state index is -4.65. The molecule has 0 fully saturated rings. The van der Waals surface area contributed by atoms with Crippen molar-refractivity contribution in [1.29, 1.82) is 0 Å². The van der Waals surface area contributed by atoms with Crippen molar-refractivity contribution in [1.82, 2.24) is 0 Å². The highest BCUT2D eigenvalue weighted by Gasteiger charge is 2.30. The Morgan fingerprint density at radius 1 is 0.750 bits per heavy atom. The van der Waals surface area contributed by atoms with Gasteiger partial charge in [0.15, 0.2) is 0 Å². The molecule has 24 heavy (non-hydrogen) atoms. The normalized spacial score (nSPS) is 11.5. The van der Waals surface area contributed by atoms with Crippen LogP contribution in [0.25, 0.3) is 11.1 Å². The van der Waals surface area contributed by atoms with E-state index in [1.165, 1.54) is 49.8 Å². The van der Waals surface area contributed by atoms with Gasteiger partial charge in [-0.3, -0.25) is 0 Å². The van der Waals surface area contributed by atoms with Gasteiger partial charge in [0.25, 0.3) is 0 Å². The maximum atomic E-state index is 12.2. The van der Waals surface area contributed by atoms with Crippen molar-refractivity contribution in [2.75, 3.05) is 0 Å². The van der Waals surface area contributed by atoms with Crippen LogP contribution in [0.1, 0.15) is 44.6 Å². The van der Waals surface area contributed by atoms with Gasteiger partial charge in [0, 0.05) is 0 Å². The Morgan fingerprint density at radius 3 is 1.83 bits per heavy atom. The van der Waals surface area contributed by atoms with E-state index in [9.17, 15) is 13.2 Å². The van der Waals surface area contributed by atoms with Crippen LogP contribution in [-0.4, -0.2) is 6.36 Å². The molecule has 130 valence electrons. The van der Waals surface area contributed by atoms with Gasteiger partial charge >= 0.3 is 6.36 Å². The molecule has 1 nitrogen and oxygen atoms in total. The second-order valence-electron chi connectivity index (χ2n) is 5.93. The number of aryl methyl sites for hydroxylation is 1. The SMILES string of the molecule is CCCCCCCc1ccc(-c2ccc(OC(F)(F)F)cc2)cc1. The molecule has 2 aromatic rings. The summed E-state index contributed by atoms with van der Waals surface area (Å²) in [5, 5.41) is 0. The highest BCUT2D eigenvalue weighted by molar-refractivity contribution is 5.64. The van der Waals surface area contributed by atoms with E-state index in [2.05, 4.69) is 23.8 Å². The summed E-state index contributed by atoms with van der Waals surface area (Å²) in [6, 6.07) is 14.2. The lowest BCUT2D eigenvalue weighted by molar-refractivity contribution is -0.274. The van der Waals surface area contributed by atoms with Crippen LogP contribution in [0.3, 0.4) is 0 Å². The number of rotatable bonds is 8. The van der Waals surface area contributed by atoms with Crippen molar-refractivity contribution in [2.45, 2.75) is 51.8 Å². The van der Waals surface area contributed by atoms with Crippen LogP contribution in [0.2, 0.25) is 0 Å². The van der Waals surface area contributed by atoms with Gasteiger partial charge < -0.3 is 4.74 Å². The van der Waals surface area contributed by atoms with Gasteiger partial charge in [-0.05, 0) is 41.7 Å². The monoisotopic (exact) mass is 336 g/mol. The number of ether oxygens (including phenoxy) is 1. The Labute approximate surface area is 141 Å². The molecule has 4 heteroatoms. The molecule has 0 saturated heterocycles. The van der Waals surface area contributed by atoms with Crippen molar-refractivity contribution < 1.29 is 17.9 Å². The Hall–Kier alpha value is -1.97. The van der Waals surface area contributed by atoms with Gasteiger partial charge in [-0.2, -0.15) is 0 Å². The van der Waals surface area contributed by atoms with Crippen LogP contribution < -0.4 is 4.74 Å². The van der Waals surface area contributed by atoms with Gasteiger partial charge in [-0.1, -0.05) is 69.0 Å². The molecule has 0 aliphatic rings. The number of hydrogen-bond acceptors (Lipinski definition) is 1. The molecule has 0 radical (unpaired) electrons. The number of halogens is 3. The molecule has 0 spiro atoms. The molecular formula is C20H23F3O. The van der Waals surface area contributed by atoms with E-state index in [1.807, 2.05) is 12.1 Å². The summed E-state index contributed by atoms with van der Waals surface area (Å²) in [5.74, 6) is -0.199. The summed E-state index contributed by atoms with van der Waals surface area (Å²) < 4.78 is 40.4. The predicted molar refractivity (Wildman–Crippen MR) is 91.0 cm³/mol. The third-order valence-electron chi connectivity index (χ3n) is 3.94. The zero-order valence-electron chi connectivity index (χ0n) is 13.9. The highest BCUT2D eigenvalue weighted by atomic mass is 19.4. The molecular weight excluding hydrogens is 313 g/mol. The fraction of sp³-hybridized carbons (Fsp3) is 0.400. The number of unbranched alkanes of at least 4 members (excludes halogenated alkanes) is 4. The number of hydrogen-bond donors (Lipinski definition) is 0. The van der Waals surface area contributed by atoms with E-state index in [4.69, 9.17) is 0 Å². The first kappa shape index (κ1) is 18.4. The fourth-order valence-electron chi connectivity index (χ4n) is 2.65. The van der Waals surface area contributed by atoms with Crippen LogP contribution in [0.4, 0.5) is 13.2 Å². The zero-order valence-corrected chi connectivity index (χ0v) is 13.9. The molecule has 2 aromatic carbocycles. The van der Waals surface area contributed by atoms with Crippen molar-refractivity contribution in [3.63, 3.8) is 0 Å². The summed E-state index contributed by atoms with van der Waals surface area (Å²) in [6.45, 7) is 2.21. The van der Waals surface area contributed by atoms with Crippen LogP contribution in [0.15, 0.2) is 48.5 Å². The summed E-state index contributed by atoms with van der Waals surface area (Å²) in [6.07, 6.45) is 2.72. The van der Waals surface area contributed by atoms with E-state index in [-0.39, 0.29) is 5.75 Å². The Morgan fingerprint density at radius 2 is 1.29 bits per heavy atom. The smallest absolute Gasteiger partial charge is 0.406 e. The lowest BCUT2D eigenvalue weighted by Gasteiger charge is -2.09. The number of alkyl halides is 3. The van der Waals surface area contributed by atoms with Gasteiger partial charge in [-0.15, -0.1) is 13.2 Å². The van der Waals surface area contributed by atoms with Crippen molar-refractivity contribution in [3.05, 3.63) is 54.1 Å². The van der Waals surface area contributed by atoms with Crippen molar-refractivity contribution in [3.8, 4) is 16.9 Å². The van der Waals surface area contributed by atoms with E-state index < -0.39 is 6.36 Å². The van der Waals surface area contributed by atoms with Crippen molar-refractivity contribution >= 4 is 0 Å². The van der Waals surface area contributed by atoms with E-state index in [0.29, 0.717) is 0 Å². The van der Waals surface area contributed by atoms with E-state index in [1.54, 1.807) is 12.1 Å². The summed E-state index contributed by atoms with van der Waals surface area (Å²) in [4.78, 5) is 0. The molecule has 0 bridgehead atoms. The first-order valence-electron chi connectivity index (χ1n) is 8.43. The third kappa shape index (κ3) is 6.26. The molecule has 2 rings (SSSR count). The van der Waals surface area contributed by atoms with Gasteiger partial charge in [0.1, 0.15) is 5.75 Å². The maximum absolute atomic E-state index is 12.2. The molecule has 0 heterocycles. The summed E-state index contributed by atoms with van der Waals surface area (Å²) in [7, 11) is 0.